The summed E-state index contributed by atoms with van der Waals surface area (Å²) in [6.07, 6.45) is 4.99. The van der Waals surface area contributed by atoms with E-state index in [1.165, 1.54) is 0 Å². The lowest BCUT2D eigenvalue weighted by atomic mass is 10.6. The van der Waals surface area contributed by atoms with Gasteiger partial charge < -0.3 is 4.74 Å². The molecule has 0 saturated heterocycles. The fourth-order valence-electron chi connectivity index (χ4n) is 0.392. The van der Waals surface area contributed by atoms with Gasteiger partial charge in [-0.25, -0.2) is 4.99 Å². The van der Waals surface area contributed by atoms with Crippen LogP contribution in [-0.2, 0) is 4.74 Å². The van der Waals surface area contributed by atoms with Crippen molar-refractivity contribution in [2.24, 2.45) is 4.99 Å². The van der Waals surface area contributed by atoms with Crippen LogP contribution in [0.15, 0.2) is 29.6 Å². The van der Waals surface area contributed by atoms with Gasteiger partial charge >= 0.3 is 0 Å². The van der Waals surface area contributed by atoms with Gasteiger partial charge in [-0.2, -0.15) is 0 Å². The summed E-state index contributed by atoms with van der Waals surface area (Å²) in [5, 5.41) is 0. The lowest BCUT2D eigenvalue weighted by Crippen LogP contribution is -1.80. The van der Waals surface area contributed by atoms with Crippen molar-refractivity contribution in [3.63, 3.8) is 0 Å². The molecule has 11 heavy (non-hydrogen) atoms. The maximum atomic E-state index is 4.82. The van der Waals surface area contributed by atoms with Crippen LogP contribution >= 0.6 is 0 Å². The minimum atomic E-state index is 0.576. The minimum absolute atomic E-state index is 0.576. The molecule has 0 spiro atoms. The van der Waals surface area contributed by atoms with Gasteiger partial charge in [0.15, 0.2) is 0 Å². The Morgan fingerprint density at radius 1 is 1.45 bits per heavy atom. The smallest absolute Gasteiger partial charge is 0.212 e. The van der Waals surface area contributed by atoms with Crippen molar-refractivity contribution >= 4 is 6.21 Å². The standard InChI is InChI=1S/C7H11NO.C2H6/c1-4-6-7(9-3)8-5-2;1-2/h4-6H,1H2,2-3H3;1-2H3/b7-6+,8-5-;. The number of allylic oxidation sites excluding steroid dienone is 2. The van der Waals surface area contributed by atoms with E-state index in [-0.39, 0.29) is 0 Å². The molecule has 0 aliphatic carbocycles. The summed E-state index contributed by atoms with van der Waals surface area (Å²) in [4.78, 5) is 3.88. The van der Waals surface area contributed by atoms with Crippen LogP contribution in [0.25, 0.3) is 0 Å². The molecule has 0 amide bonds. The Labute approximate surface area is 69.3 Å². The van der Waals surface area contributed by atoms with Gasteiger partial charge in [-0.15, -0.1) is 0 Å². The fourth-order valence-corrected chi connectivity index (χ4v) is 0.392. The summed E-state index contributed by atoms with van der Waals surface area (Å²) in [5.41, 5.74) is 0. The van der Waals surface area contributed by atoms with Crippen molar-refractivity contribution in [2.45, 2.75) is 20.8 Å². The maximum Gasteiger partial charge on any atom is 0.212 e. The molecule has 0 aliphatic heterocycles. The van der Waals surface area contributed by atoms with E-state index in [0.717, 1.165) is 0 Å². The van der Waals surface area contributed by atoms with Crippen molar-refractivity contribution in [2.75, 3.05) is 7.11 Å². The first kappa shape index (κ1) is 12.6. The highest BCUT2D eigenvalue weighted by molar-refractivity contribution is 5.54. The second-order valence-electron chi connectivity index (χ2n) is 1.33. The molecule has 0 saturated carbocycles. The molecule has 2 nitrogen and oxygen atoms in total. The van der Waals surface area contributed by atoms with Crippen molar-refractivity contribution in [3.8, 4) is 0 Å². The zero-order valence-corrected chi connectivity index (χ0v) is 7.79. The quantitative estimate of drug-likeness (QED) is 0.349. The number of methoxy groups -OCH3 is 1. The lowest BCUT2D eigenvalue weighted by Gasteiger charge is -1.94. The van der Waals surface area contributed by atoms with E-state index < -0.39 is 0 Å². The molecule has 0 rings (SSSR count). The largest absolute Gasteiger partial charge is 0.481 e. The molecule has 0 aliphatic rings. The Hall–Kier alpha value is -1.05. The molecular weight excluding hydrogens is 138 g/mol. The summed E-state index contributed by atoms with van der Waals surface area (Å²) in [6, 6.07) is 0. The third kappa shape index (κ3) is 8.95. The zero-order valence-electron chi connectivity index (χ0n) is 7.79. The van der Waals surface area contributed by atoms with Crippen molar-refractivity contribution in [1.82, 2.24) is 0 Å². The second-order valence-corrected chi connectivity index (χ2v) is 1.33. The topological polar surface area (TPSA) is 21.6 Å². The van der Waals surface area contributed by atoms with Crippen LogP contribution in [0.3, 0.4) is 0 Å². The second kappa shape index (κ2) is 11.7. The average molecular weight is 155 g/mol. The van der Waals surface area contributed by atoms with Crippen LogP contribution in [0.4, 0.5) is 0 Å². The van der Waals surface area contributed by atoms with E-state index in [1.54, 1.807) is 25.5 Å². The molecule has 2 heteroatoms. The van der Waals surface area contributed by atoms with E-state index >= 15 is 0 Å². The molecule has 0 aromatic rings. The molecule has 0 unspecified atom stereocenters. The molecule has 0 bridgehead atoms. The van der Waals surface area contributed by atoms with Crippen LogP contribution in [0.2, 0.25) is 0 Å². The molecule has 0 aromatic carbocycles. The van der Waals surface area contributed by atoms with Crippen LogP contribution < -0.4 is 0 Å². The van der Waals surface area contributed by atoms with E-state index in [2.05, 4.69) is 11.6 Å². The van der Waals surface area contributed by atoms with Crippen molar-refractivity contribution in [1.29, 1.82) is 0 Å². The molecule has 0 atom stereocenters. The molecule has 0 fully saturated rings. The Bertz CT molecular complexity index is 136. The monoisotopic (exact) mass is 155 g/mol. The normalized spacial score (nSPS) is 10.4. The summed E-state index contributed by atoms with van der Waals surface area (Å²) < 4.78 is 4.82. The molecule has 64 valence electrons. The van der Waals surface area contributed by atoms with Crippen LogP contribution in [0, 0.1) is 0 Å². The molecular formula is C9H17NO. The van der Waals surface area contributed by atoms with Gasteiger partial charge in [0.1, 0.15) is 0 Å². The highest BCUT2D eigenvalue weighted by Crippen LogP contribution is 1.94. The number of aliphatic imine (C=N–C) groups is 1. The highest BCUT2D eigenvalue weighted by atomic mass is 16.5. The minimum Gasteiger partial charge on any atom is -0.481 e. The molecule has 0 radical (unpaired) electrons. The summed E-state index contributed by atoms with van der Waals surface area (Å²) in [7, 11) is 1.57. The van der Waals surface area contributed by atoms with E-state index in [9.17, 15) is 0 Å². The Morgan fingerprint density at radius 3 is 2.27 bits per heavy atom. The van der Waals surface area contributed by atoms with Gasteiger partial charge in [0.05, 0.1) is 7.11 Å². The zero-order chi connectivity index (χ0) is 9.11. The van der Waals surface area contributed by atoms with Gasteiger partial charge in [0.25, 0.3) is 0 Å². The molecule has 0 N–H and O–H groups in total. The molecule has 0 heterocycles. The Morgan fingerprint density at radius 2 is 2.00 bits per heavy atom. The van der Waals surface area contributed by atoms with Gasteiger partial charge in [-0.1, -0.05) is 26.5 Å². The van der Waals surface area contributed by atoms with Crippen LogP contribution in [0.5, 0.6) is 0 Å². The van der Waals surface area contributed by atoms with Crippen molar-refractivity contribution < 1.29 is 4.74 Å². The molecule has 0 aromatic heterocycles. The predicted octanol–water partition coefficient (Wildman–Crippen LogP) is 2.78. The summed E-state index contributed by atoms with van der Waals surface area (Å²) >= 11 is 0. The lowest BCUT2D eigenvalue weighted by molar-refractivity contribution is 0.289. The van der Waals surface area contributed by atoms with Gasteiger partial charge in [-0.05, 0) is 13.0 Å². The van der Waals surface area contributed by atoms with E-state index in [1.807, 2.05) is 20.8 Å². The first-order chi connectivity index (χ1) is 5.35. The van der Waals surface area contributed by atoms with E-state index in [0.29, 0.717) is 5.88 Å². The van der Waals surface area contributed by atoms with Crippen LogP contribution in [0.1, 0.15) is 20.8 Å². The number of ether oxygens (including phenoxy) is 1. The third-order valence-electron chi connectivity index (χ3n) is 0.726. The van der Waals surface area contributed by atoms with Gasteiger partial charge in [0.2, 0.25) is 5.88 Å². The fraction of sp³-hybridized carbons (Fsp3) is 0.444. The van der Waals surface area contributed by atoms with Gasteiger partial charge in [-0.3, -0.25) is 0 Å². The number of rotatable bonds is 3. The Kier molecular flexibility index (Phi) is 13.4. The number of hydrogen-bond donors (Lipinski definition) is 0. The number of nitrogens with zero attached hydrogens (tertiary/aromatic N) is 1. The third-order valence-corrected chi connectivity index (χ3v) is 0.726. The summed E-state index contributed by atoms with van der Waals surface area (Å²) in [6.45, 7) is 9.33. The maximum absolute atomic E-state index is 4.82. The van der Waals surface area contributed by atoms with E-state index in [4.69, 9.17) is 4.74 Å². The van der Waals surface area contributed by atoms with Gasteiger partial charge in [0, 0.05) is 6.21 Å². The highest BCUT2D eigenvalue weighted by Gasteiger charge is 1.82. The Balaban J connectivity index is 0. The summed E-state index contributed by atoms with van der Waals surface area (Å²) in [5.74, 6) is 0.576. The van der Waals surface area contributed by atoms with Crippen molar-refractivity contribution in [3.05, 3.63) is 24.6 Å². The first-order valence-electron chi connectivity index (χ1n) is 3.70. The average Bonchev–Trinajstić information content (AvgIpc) is 2.08. The number of hydrogen-bond acceptors (Lipinski definition) is 2. The SMILES string of the molecule is C=C/C=C(\N=C/C)OC.CC. The predicted molar refractivity (Wildman–Crippen MR) is 50.8 cm³/mol. The van der Waals surface area contributed by atoms with Crippen LogP contribution in [-0.4, -0.2) is 13.3 Å². The first-order valence-corrected chi connectivity index (χ1v) is 3.70.